The number of hydrogen-bond acceptors (Lipinski definition) is 1. The zero-order valence-electron chi connectivity index (χ0n) is 23.9. The molecule has 215 valence electrons. The molecule has 6 aromatic carbocycles. The van der Waals surface area contributed by atoms with Crippen LogP contribution in [0.25, 0.3) is 0 Å². The van der Waals surface area contributed by atoms with Crippen LogP contribution in [0.2, 0.25) is 0 Å². The van der Waals surface area contributed by atoms with E-state index in [0.717, 1.165) is 0 Å². The van der Waals surface area contributed by atoms with Gasteiger partial charge in [-0.3, -0.25) is 0 Å². The Kier molecular flexibility index (Phi) is 15.3. The number of rotatable bonds is 6. The van der Waals surface area contributed by atoms with Gasteiger partial charge in [-0.2, -0.15) is 0 Å². The van der Waals surface area contributed by atoms with Crippen molar-refractivity contribution in [1.29, 1.82) is 0 Å². The molecule has 0 saturated carbocycles. The van der Waals surface area contributed by atoms with Crippen molar-refractivity contribution in [1.82, 2.24) is 0 Å². The molecule has 0 aromatic heterocycles. The van der Waals surface area contributed by atoms with Crippen LogP contribution in [-0.2, 0) is 21.1 Å². The molecule has 0 unspecified atom stereocenters. The predicted molar refractivity (Wildman–Crippen MR) is 184 cm³/mol. The molecular formula is C39H34OP2Pt+. The zero-order chi connectivity index (χ0) is 29.4. The van der Waals surface area contributed by atoms with Crippen molar-refractivity contribution in [3.8, 4) is 0 Å². The van der Waals surface area contributed by atoms with Crippen LogP contribution in [0.1, 0.15) is 0 Å². The van der Waals surface area contributed by atoms with Crippen molar-refractivity contribution in [2.45, 2.75) is 0 Å². The van der Waals surface area contributed by atoms with Crippen molar-refractivity contribution >= 4 is 47.7 Å². The summed E-state index contributed by atoms with van der Waals surface area (Å²) in [5, 5.41) is 17.6. The van der Waals surface area contributed by atoms with Gasteiger partial charge in [0, 0.05) is 0 Å². The molecule has 1 nitrogen and oxygen atoms in total. The van der Waals surface area contributed by atoms with Gasteiger partial charge in [0.1, 0.15) is 0 Å². The van der Waals surface area contributed by atoms with E-state index in [2.05, 4.69) is 196 Å². The minimum Gasteiger partial charge on any atom is -0.850 e. The van der Waals surface area contributed by atoms with Gasteiger partial charge in [-0.1, -0.05) is 196 Å². The maximum atomic E-state index is 9.22. The number of benzene rings is 6. The predicted octanol–water partition coefficient (Wildman–Crippen LogP) is 6.43. The summed E-state index contributed by atoms with van der Waals surface area (Å²) in [6.07, 6.45) is -0.333. The third-order valence-electron chi connectivity index (χ3n) is 6.09. The van der Waals surface area contributed by atoms with Gasteiger partial charge in [0.2, 0.25) is 0 Å². The first-order valence-electron chi connectivity index (χ1n) is 13.7. The fourth-order valence-electron chi connectivity index (χ4n) is 4.36. The monoisotopic (exact) mass is 775 g/mol. The van der Waals surface area contributed by atoms with E-state index in [1.165, 1.54) is 31.8 Å². The topological polar surface area (TPSA) is 23.1 Å². The fraction of sp³-hybridized carbons (Fsp3) is 0. The molecule has 0 aliphatic rings. The molecule has 4 heteroatoms. The Labute approximate surface area is 274 Å². The van der Waals surface area contributed by atoms with Crippen LogP contribution in [0, 0.1) is 20.0 Å². The second-order valence-corrected chi connectivity index (χ2v) is 13.7. The van der Waals surface area contributed by atoms with Crippen LogP contribution >= 0.6 is 15.8 Å². The van der Waals surface area contributed by atoms with E-state index in [0.29, 0.717) is 0 Å². The maximum absolute atomic E-state index is 9.22. The molecule has 6 aromatic rings. The normalized spacial score (nSPS) is 10.2. The molecule has 0 amide bonds. The van der Waals surface area contributed by atoms with Crippen molar-refractivity contribution in [2.75, 3.05) is 0 Å². The molecule has 0 aliphatic heterocycles. The molecule has 0 saturated heterocycles. The summed E-state index contributed by atoms with van der Waals surface area (Å²) in [5.74, 6) is 0. The van der Waals surface area contributed by atoms with Crippen LogP contribution in [0.15, 0.2) is 182 Å². The van der Waals surface area contributed by atoms with Crippen molar-refractivity contribution in [2.24, 2.45) is 0 Å². The third kappa shape index (κ3) is 11.1. The average molecular weight is 776 g/mol. The standard InChI is InChI=1S/2C18H15P.C3H4O.Pt/c2*1-4-10-16(11-5-1)19(17-12-6-2-7-13-17)18-14-8-3-9-15-18;1-3(2)4;/h2*1-15H;1-2H2;/q;;-1;+2. The van der Waals surface area contributed by atoms with Crippen LogP contribution in [0.3, 0.4) is 0 Å². The van der Waals surface area contributed by atoms with Gasteiger partial charge in [0.15, 0.2) is 0 Å². The van der Waals surface area contributed by atoms with E-state index in [1.807, 2.05) is 0 Å². The maximum Gasteiger partial charge on any atom is 2.00 e. The summed E-state index contributed by atoms with van der Waals surface area (Å²) in [5.41, 5.74) is 0. The van der Waals surface area contributed by atoms with Crippen LogP contribution in [-0.4, -0.2) is 0 Å². The fourth-order valence-corrected chi connectivity index (χ4v) is 8.97. The smallest absolute Gasteiger partial charge is 0.850 e. The first-order chi connectivity index (χ1) is 20.6. The Morgan fingerprint density at radius 1 is 0.326 bits per heavy atom. The Morgan fingerprint density at radius 3 is 0.558 bits per heavy atom. The second kappa shape index (κ2) is 19.2. The SMILES string of the molecule is [CH2][C]([CH2])[O-].[Pt+2].c1ccc(P(c2ccccc2)c2ccccc2)cc1.c1ccc(P(c2ccccc2)c2ccccc2)cc1. The molecule has 0 heterocycles. The Bertz CT molecular complexity index is 1230. The molecule has 3 radical (unpaired) electrons. The Hall–Kier alpha value is -3.17. The summed E-state index contributed by atoms with van der Waals surface area (Å²) < 4.78 is 0. The first kappa shape index (κ1) is 34.3. The van der Waals surface area contributed by atoms with E-state index >= 15 is 0 Å². The molecule has 0 bridgehead atoms. The van der Waals surface area contributed by atoms with Gasteiger partial charge in [-0.15, -0.1) is 6.10 Å². The van der Waals surface area contributed by atoms with Gasteiger partial charge < -0.3 is 5.11 Å². The molecule has 43 heavy (non-hydrogen) atoms. The summed E-state index contributed by atoms with van der Waals surface area (Å²) in [6.45, 7) is 5.78. The molecular weight excluding hydrogens is 741 g/mol. The molecule has 0 fully saturated rings. The van der Waals surface area contributed by atoms with E-state index < -0.39 is 15.8 Å². The van der Waals surface area contributed by atoms with Crippen LogP contribution in [0.5, 0.6) is 0 Å². The molecule has 0 spiro atoms. The second-order valence-electron chi connectivity index (χ2n) is 9.22. The minimum atomic E-state index is -0.446. The molecule has 0 aliphatic carbocycles. The van der Waals surface area contributed by atoms with E-state index in [4.69, 9.17) is 0 Å². The van der Waals surface area contributed by atoms with Gasteiger partial charge in [0.25, 0.3) is 0 Å². The summed E-state index contributed by atoms with van der Waals surface area (Å²) in [4.78, 5) is 0. The van der Waals surface area contributed by atoms with Crippen molar-refractivity contribution in [3.63, 3.8) is 0 Å². The van der Waals surface area contributed by atoms with E-state index in [1.54, 1.807) is 0 Å². The van der Waals surface area contributed by atoms with Gasteiger partial charge in [-0.05, 0) is 47.7 Å². The van der Waals surface area contributed by atoms with Crippen LogP contribution in [0.4, 0.5) is 0 Å². The van der Waals surface area contributed by atoms with Gasteiger partial charge >= 0.3 is 21.1 Å². The molecule has 0 atom stereocenters. The molecule has 6 rings (SSSR count). The van der Waals surface area contributed by atoms with Crippen molar-refractivity contribution < 1.29 is 26.2 Å². The van der Waals surface area contributed by atoms with Crippen LogP contribution < -0.4 is 36.9 Å². The average Bonchev–Trinajstić information content (AvgIpc) is 3.05. The molecule has 0 N–H and O–H groups in total. The largest absolute Gasteiger partial charge is 2.00 e. The first-order valence-corrected chi connectivity index (χ1v) is 16.4. The third-order valence-corrected chi connectivity index (χ3v) is 11.0. The quantitative estimate of drug-likeness (QED) is 0.179. The summed E-state index contributed by atoms with van der Waals surface area (Å²) in [7, 11) is -0.892. The summed E-state index contributed by atoms with van der Waals surface area (Å²) >= 11 is 0. The number of hydrogen-bond donors (Lipinski definition) is 0. The zero-order valence-corrected chi connectivity index (χ0v) is 27.9. The van der Waals surface area contributed by atoms with Gasteiger partial charge in [0.05, 0.1) is 0 Å². The van der Waals surface area contributed by atoms with E-state index in [9.17, 15) is 5.11 Å². The van der Waals surface area contributed by atoms with E-state index in [-0.39, 0.29) is 27.2 Å². The minimum absolute atomic E-state index is 0. The Morgan fingerprint density at radius 2 is 0.442 bits per heavy atom. The van der Waals surface area contributed by atoms with Crippen molar-refractivity contribution in [3.05, 3.63) is 202 Å². The Balaban J connectivity index is 0.000000206. The summed E-state index contributed by atoms with van der Waals surface area (Å²) in [6, 6.07) is 64.7. The van der Waals surface area contributed by atoms with Gasteiger partial charge in [-0.25, -0.2) is 0 Å².